The molecule has 0 fully saturated rings. The van der Waals surface area contributed by atoms with E-state index in [-0.39, 0.29) is 16.9 Å². The van der Waals surface area contributed by atoms with E-state index in [4.69, 9.17) is 4.52 Å². The van der Waals surface area contributed by atoms with Crippen LogP contribution in [0.3, 0.4) is 0 Å². The summed E-state index contributed by atoms with van der Waals surface area (Å²) in [6, 6.07) is 9.53. The maximum atomic E-state index is 13.1. The van der Waals surface area contributed by atoms with Crippen LogP contribution in [0.2, 0.25) is 0 Å². The van der Waals surface area contributed by atoms with Crippen molar-refractivity contribution in [3.05, 3.63) is 57.8 Å². The standard InChI is InChI=1S/C23H22FN3O2S/c1-23(2,3)14-6-9-16-17(12-25)22(30-20(16)10-14)26-21(28)18-11-19(29-27-18)13-4-7-15(24)8-5-13/h4-5,7-8,11,14H,6,9-10H2,1-3H3,(H,26,28)/t14-/m1/s1. The van der Waals surface area contributed by atoms with Gasteiger partial charge < -0.3 is 9.84 Å². The Hall–Kier alpha value is -2.98. The molecular formula is C23H22FN3O2S. The number of nitrogens with zero attached hydrogens (tertiary/aromatic N) is 2. The third-order valence-corrected chi connectivity index (χ3v) is 6.87. The Morgan fingerprint density at radius 2 is 2.07 bits per heavy atom. The lowest BCUT2D eigenvalue weighted by atomic mass is 9.72. The summed E-state index contributed by atoms with van der Waals surface area (Å²) < 4.78 is 18.3. The molecule has 1 N–H and O–H groups in total. The van der Waals surface area contributed by atoms with Crippen molar-refractivity contribution in [3.8, 4) is 17.4 Å². The summed E-state index contributed by atoms with van der Waals surface area (Å²) in [6.07, 6.45) is 2.82. The molecule has 1 atom stereocenters. The van der Waals surface area contributed by atoms with Gasteiger partial charge in [-0.2, -0.15) is 5.26 Å². The molecule has 1 aromatic carbocycles. The maximum Gasteiger partial charge on any atom is 0.278 e. The summed E-state index contributed by atoms with van der Waals surface area (Å²) >= 11 is 1.48. The SMILES string of the molecule is CC(C)(C)[C@@H]1CCc2c(sc(NC(=O)c3cc(-c4ccc(F)cc4)on3)c2C#N)C1. The van der Waals surface area contributed by atoms with E-state index in [1.165, 1.54) is 34.4 Å². The van der Waals surface area contributed by atoms with E-state index >= 15 is 0 Å². The summed E-state index contributed by atoms with van der Waals surface area (Å²) in [7, 11) is 0. The number of aromatic nitrogens is 1. The third-order valence-electron chi connectivity index (χ3n) is 5.70. The Labute approximate surface area is 178 Å². The van der Waals surface area contributed by atoms with E-state index in [0.29, 0.717) is 27.8 Å². The lowest BCUT2D eigenvalue weighted by Crippen LogP contribution is -2.26. The van der Waals surface area contributed by atoms with Crippen LogP contribution in [0, 0.1) is 28.5 Å². The van der Waals surface area contributed by atoms with Gasteiger partial charge in [-0.25, -0.2) is 4.39 Å². The van der Waals surface area contributed by atoms with E-state index in [1.807, 2.05) is 0 Å². The van der Waals surface area contributed by atoms with Gasteiger partial charge in [0.2, 0.25) is 0 Å². The molecule has 0 saturated heterocycles. The number of benzene rings is 1. The largest absolute Gasteiger partial charge is 0.355 e. The summed E-state index contributed by atoms with van der Waals surface area (Å²) in [6.45, 7) is 6.73. The van der Waals surface area contributed by atoms with Crippen LogP contribution in [-0.4, -0.2) is 11.1 Å². The van der Waals surface area contributed by atoms with Gasteiger partial charge >= 0.3 is 0 Å². The first-order valence-corrected chi connectivity index (χ1v) is 10.7. The fraction of sp³-hybridized carbons (Fsp3) is 0.348. The molecule has 154 valence electrons. The second kappa shape index (κ2) is 7.69. The van der Waals surface area contributed by atoms with Gasteiger partial charge in [-0.1, -0.05) is 25.9 Å². The number of hydrogen-bond acceptors (Lipinski definition) is 5. The Kier molecular flexibility index (Phi) is 5.20. The topological polar surface area (TPSA) is 78.9 Å². The average Bonchev–Trinajstić information content (AvgIpc) is 3.31. The highest BCUT2D eigenvalue weighted by molar-refractivity contribution is 7.16. The zero-order valence-electron chi connectivity index (χ0n) is 17.1. The van der Waals surface area contributed by atoms with Crippen LogP contribution in [0.15, 0.2) is 34.9 Å². The van der Waals surface area contributed by atoms with Crippen LogP contribution in [0.4, 0.5) is 9.39 Å². The van der Waals surface area contributed by atoms with Crippen LogP contribution >= 0.6 is 11.3 Å². The van der Waals surface area contributed by atoms with Crippen LogP contribution in [0.1, 0.15) is 53.7 Å². The van der Waals surface area contributed by atoms with Crippen molar-refractivity contribution in [1.82, 2.24) is 5.16 Å². The number of carbonyl (C=O) groups is 1. The van der Waals surface area contributed by atoms with Crippen molar-refractivity contribution < 1.29 is 13.7 Å². The van der Waals surface area contributed by atoms with Crippen LogP contribution in [-0.2, 0) is 12.8 Å². The van der Waals surface area contributed by atoms with E-state index in [2.05, 4.69) is 37.3 Å². The summed E-state index contributed by atoms with van der Waals surface area (Å²) in [4.78, 5) is 13.9. The first-order valence-electron chi connectivity index (χ1n) is 9.85. The van der Waals surface area contributed by atoms with Crippen molar-refractivity contribution in [2.75, 3.05) is 5.32 Å². The number of halogens is 1. The first kappa shape index (κ1) is 20.3. The molecule has 0 unspecified atom stereocenters. The lowest BCUT2D eigenvalue weighted by Gasteiger charge is -2.33. The molecule has 7 heteroatoms. The number of hydrogen-bond donors (Lipinski definition) is 1. The Morgan fingerprint density at radius 3 is 2.73 bits per heavy atom. The van der Waals surface area contributed by atoms with Crippen molar-refractivity contribution in [2.24, 2.45) is 11.3 Å². The minimum absolute atomic E-state index is 0.108. The van der Waals surface area contributed by atoms with E-state index in [9.17, 15) is 14.4 Å². The van der Waals surface area contributed by atoms with Crippen LogP contribution < -0.4 is 5.32 Å². The summed E-state index contributed by atoms with van der Waals surface area (Å²) in [5.41, 5.74) is 2.55. The third kappa shape index (κ3) is 3.88. The van der Waals surface area contributed by atoms with Gasteiger partial charge in [0.25, 0.3) is 5.91 Å². The molecule has 1 amide bonds. The zero-order chi connectivity index (χ0) is 21.5. The molecule has 0 spiro atoms. The Bertz CT molecular complexity index is 1130. The fourth-order valence-electron chi connectivity index (χ4n) is 3.83. The Morgan fingerprint density at radius 1 is 1.33 bits per heavy atom. The molecule has 1 aliphatic rings. The second-order valence-electron chi connectivity index (χ2n) is 8.66. The highest BCUT2D eigenvalue weighted by Crippen LogP contribution is 2.44. The van der Waals surface area contributed by atoms with Crippen LogP contribution in [0.25, 0.3) is 11.3 Å². The number of rotatable bonds is 3. The quantitative estimate of drug-likeness (QED) is 0.576. The van der Waals surface area contributed by atoms with E-state index in [1.54, 1.807) is 12.1 Å². The normalized spacial score (nSPS) is 16.0. The lowest BCUT2D eigenvalue weighted by molar-refractivity contribution is 0.101. The van der Waals surface area contributed by atoms with Gasteiger partial charge in [0.1, 0.15) is 16.9 Å². The van der Waals surface area contributed by atoms with Crippen molar-refractivity contribution >= 4 is 22.2 Å². The molecule has 2 heterocycles. The Balaban J connectivity index is 1.55. The molecule has 0 bridgehead atoms. The highest BCUT2D eigenvalue weighted by Gasteiger charge is 2.32. The molecule has 4 rings (SSSR count). The molecule has 0 aliphatic heterocycles. The average molecular weight is 424 g/mol. The zero-order valence-corrected chi connectivity index (χ0v) is 17.9. The number of fused-ring (bicyclic) bond motifs is 1. The number of anilines is 1. The number of thiophene rings is 1. The number of amides is 1. The molecule has 1 aliphatic carbocycles. The van der Waals surface area contributed by atoms with Gasteiger partial charge in [0.05, 0.1) is 5.56 Å². The highest BCUT2D eigenvalue weighted by atomic mass is 32.1. The van der Waals surface area contributed by atoms with Gasteiger partial charge in [0, 0.05) is 16.5 Å². The molecular weight excluding hydrogens is 401 g/mol. The number of carbonyl (C=O) groups excluding carboxylic acids is 1. The number of nitriles is 1. The number of nitrogens with one attached hydrogen (secondary N) is 1. The van der Waals surface area contributed by atoms with E-state index < -0.39 is 5.91 Å². The van der Waals surface area contributed by atoms with Gasteiger partial charge in [-0.3, -0.25) is 4.79 Å². The minimum atomic E-state index is -0.436. The van der Waals surface area contributed by atoms with Crippen molar-refractivity contribution in [2.45, 2.75) is 40.0 Å². The molecule has 30 heavy (non-hydrogen) atoms. The van der Waals surface area contributed by atoms with Crippen molar-refractivity contribution in [3.63, 3.8) is 0 Å². The predicted molar refractivity (Wildman–Crippen MR) is 114 cm³/mol. The predicted octanol–water partition coefficient (Wildman–Crippen LogP) is 5.82. The van der Waals surface area contributed by atoms with Crippen LogP contribution in [0.5, 0.6) is 0 Å². The van der Waals surface area contributed by atoms with Gasteiger partial charge in [-0.15, -0.1) is 11.3 Å². The molecule has 5 nitrogen and oxygen atoms in total. The molecule has 3 aromatic rings. The molecule has 0 saturated carbocycles. The monoisotopic (exact) mass is 423 g/mol. The van der Waals surface area contributed by atoms with Crippen molar-refractivity contribution in [1.29, 1.82) is 5.26 Å². The maximum absolute atomic E-state index is 13.1. The minimum Gasteiger partial charge on any atom is -0.355 e. The summed E-state index contributed by atoms with van der Waals surface area (Å²) in [5, 5.41) is 16.9. The van der Waals surface area contributed by atoms with Gasteiger partial charge in [0.15, 0.2) is 11.5 Å². The first-order chi connectivity index (χ1) is 14.3. The smallest absolute Gasteiger partial charge is 0.278 e. The van der Waals surface area contributed by atoms with Gasteiger partial charge in [-0.05, 0) is 60.4 Å². The fourth-order valence-corrected chi connectivity index (χ4v) is 5.10. The summed E-state index contributed by atoms with van der Waals surface area (Å²) in [5.74, 6) is 0.136. The second-order valence-corrected chi connectivity index (χ2v) is 9.77. The molecule has 0 radical (unpaired) electrons. The molecule has 2 aromatic heterocycles. The van der Waals surface area contributed by atoms with E-state index in [0.717, 1.165) is 24.8 Å².